The van der Waals surface area contributed by atoms with Gasteiger partial charge in [-0.25, -0.2) is 4.79 Å². The molecule has 0 aromatic carbocycles. The first-order valence-corrected chi connectivity index (χ1v) is 7.12. The summed E-state index contributed by atoms with van der Waals surface area (Å²) in [4.78, 5) is 14.1. The third-order valence-electron chi connectivity index (χ3n) is 3.47. The highest BCUT2D eigenvalue weighted by molar-refractivity contribution is 9.09. The summed E-state index contributed by atoms with van der Waals surface area (Å²) in [7, 11) is 0. The molecule has 92 valence electrons. The second-order valence-corrected chi connectivity index (χ2v) is 6.48. The molecule has 0 radical (unpaired) electrons. The average molecular weight is 290 g/mol. The molecule has 1 amide bonds. The summed E-state index contributed by atoms with van der Waals surface area (Å²) in [5, 5.41) is 0.994. The Morgan fingerprint density at radius 3 is 2.62 bits per heavy atom. The SMILES string of the molecule is CC(C)(C)OC(=O)N1[C@H]2CC[C@@H]1[C@H](CBr)C2. The highest BCUT2D eigenvalue weighted by Gasteiger charge is 2.49. The van der Waals surface area contributed by atoms with Gasteiger partial charge in [0.1, 0.15) is 5.60 Å². The van der Waals surface area contributed by atoms with E-state index in [1.165, 1.54) is 0 Å². The fraction of sp³-hybridized carbons (Fsp3) is 0.917. The van der Waals surface area contributed by atoms with Crippen LogP contribution in [0.25, 0.3) is 0 Å². The summed E-state index contributed by atoms with van der Waals surface area (Å²) in [6.07, 6.45) is 3.30. The molecule has 0 aromatic heterocycles. The Morgan fingerprint density at radius 2 is 2.12 bits per heavy atom. The summed E-state index contributed by atoms with van der Waals surface area (Å²) in [6, 6.07) is 0.821. The van der Waals surface area contributed by atoms with Crippen LogP contribution in [0.2, 0.25) is 0 Å². The lowest BCUT2D eigenvalue weighted by atomic mass is 9.91. The minimum Gasteiger partial charge on any atom is -0.444 e. The number of carbonyl (C=O) groups excluding carboxylic acids is 1. The average Bonchev–Trinajstić information content (AvgIpc) is 2.70. The van der Waals surface area contributed by atoms with Crippen molar-refractivity contribution in [3.8, 4) is 0 Å². The van der Waals surface area contributed by atoms with E-state index in [1.54, 1.807) is 0 Å². The molecule has 3 atom stereocenters. The third-order valence-corrected chi connectivity index (χ3v) is 4.30. The number of halogens is 1. The first-order valence-electron chi connectivity index (χ1n) is 5.99. The number of hydrogen-bond acceptors (Lipinski definition) is 2. The Morgan fingerprint density at radius 1 is 1.44 bits per heavy atom. The predicted molar refractivity (Wildman–Crippen MR) is 66.8 cm³/mol. The van der Waals surface area contributed by atoms with E-state index in [4.69, 9.17) is 4.74 Å². The van der Waals surface area contributed by atoms with Gasteiger partial charge in [0.25, 0.3) is 0 Å². The van der Waals surface area contributed by atoms with Crippen LogP contribution in [0.5, 0.6) is 0 Å². The van der Waals surface area contributed by atoms with Crippen LogP contribution < -0.4 is 0 Å². The van der Waals surface area contributed by atoms with Crippen LogP contribution in [0.4, 0.5) is 4.79 Å². The van der Waals surface area contributed by atoms with Crippen LogP contribution in [0.1, 0.15) is 40.0 Å². The second kappa shape index (κ2) is 4.21. The molecule has 2 bridgehead atoms. The van der Waals surface area contributed by atoms with Crippen molar-refractivity contribution < 1.29 is 9.53 Å². The maximum absolute atomic E-state index is 12.1. The number of amides is 1. The van der Waals surface area contributed by atoms with E-state index in [2.05, 4.69) is 15.9 Å². The Hall–Kier alpha value is -0.250. The summed E-state index contributed by atoms with van der Waals surface area (Å²) in [5.41, 5.74) is -0.386. The van der Waals surface area contributed by atoms with Crippen LogP contribution in [0.3, 0.4) is 0 Å². The molecule has 2 saturated heterocycles. The summed E-state index contributed by atoms with van der Waals surface area (Å²) >= 11 is 3.54. The van der Waals surface area contributed by atoms with Gasteiger partial charge in [-0.1, -0.05) is 15.9 Å². The van der Waals surface area contributed by atoms with Gasteiger partial charge in [-0.2, -0.15) is 0 Å². The smallest absolute Gasteiger partial charge is 0.410 e. The first-order chi connectivity index (χ1) is 7.42. The number of rotatable bonds is 1. The van der Waals surface area contributed by atoms with Gasteiger partial charge in [0, 0.05) is 17.4 Å². The summed E-state index contributed by atoms with van der Waals surface area (Å²) in [6.45, 7) is 5.76. The maximum atomic E-state index is 12.1. The minimum atomic E-state index is -0.386. The van der Waals surface area contributed by atoms with Crippen molar-refractivity contribution in [1.29, 1.82) is 0 Å². The van der Waals surface area contributed by atoms with Crippen molar-refractivity contribution in [3.63, 3.8) is 0 Å². The quantitative estimate of drug-likeness (QED) is 0.694. The van der Waals surface area contributed by atoms with Gasteiger partial charge >= 0.3 is 6.09 Å². The van der Waals surface area contributed by atoms with Gasteiger partial charge in [-0.15, -0.1) is 0 Å². The molecular weight excluding hydrogens is 270 g/mol. The highest BCUT2D eigenvalue weighted by atomic mass is 79.9. The van der Waals surface area contributed by atoms with Crippen molar-refractivity contribution in [3.05, 3.63) is 0 Å². The van der Waals surface area contributed by atoms with E-state index in [-0.39, 0.29) is 11.7 Å². The Balaban J connectivity index is 2.03. The molecule has 0 N–H and O–H groups in total. The van der Waals surface area contributed by atoms with E-state index in [0.29, 0.717) is 18.0 Å². The fourth-order valence-electron chi connectivity index (χ4n) is 2.88. The van der Waals surface area contributed by atoms with E-state index in [1.807, 2.05) is 25.7 Å². The predicted octanol–water partition coefficient (Wildman–Crippen LogP) is 3.17. The van der Waals surface area contributed by atoms with Crippen molar-refractivity contribution in [2.24, 2.45) is 5.92 Å². The molecule has 2 aliphatic heterocycles. The Bertz CT molecular complexity index is 287. The molecule has 3 nitrogen and oxygen atoms in total. The van der Waals surface area contributed by atoms with E-state index >= 15 is 0 Å². The molecule has 4 heteroatoms. The number of hydrogen-bond donors (Lipinski definition) is 0. The molecule has 16 heavy (non-hydrogen) atoms. The van der Waals surface area contributed by atoms with Crippen molar-refractivity contribution >= 4 is 22.0 Å². The van der Waals surface area contributed by atoms with Crippen LogP contribution >= 0.6 is 15.9 Å². The lowest BCUT2D eigenvalue weighted by Crippen LogP contribution is -2.40. The molecular formula is C12H20BrNO2. The normalized spacial score (nSPS) is 33.2. The number of carbonyl (C=O) groups is 1. The van der Waals surface area contributed by atoms with Gasteiger partial charge in [0.2, 0.25) is 0 Å². The minimum absolute atomic E-state index is 0.122. The van der Waals surface area contributed by atoms with Gasteiger partial charge in [0.05, 0.1) is 0 Å². The maximum Gasteiger partial charge on any atom is 0.410 e. The van der Waals surface area contributed by atoms with Gasteiger partial charge in [-0.3, -0.25) is 0 Å². The van der Waals surface area contributed by atoms with Gasteiger partial charge < -0.3 is 9.64 Å². The topological polar surface area (TPSA) is 29.5 Å². The molecule has 0 saturated carbocycles. The standard InChI is InChI=1S/C12H20BrNO2/c1-12(2,3)16-11(15)14-9-4-5-10(14)8(6-9)7-13/h8-10H,4-7H2,1-3H3/t8-,9-,10+/m0/s1. The number of fused-ring (bicyclic) bond motifs is 2. The second-order valence-electron chi connectivity index (χ2n) is 5.84. The molecule has 2 fully saturated rings. The summed E-state index contributed by atoms with van der Waals surface area (Å²) in [5.74, 6) is 0.617. The zero-order valence-corrected chi connectivity index (χ0v) is 11.8. The lowest BCUT2D eigenvalue weighted by molar-refractivity contribution is 0.0208. The van der Waals surface area contributed by atoms with Crippen molar-refractivity contribution in [2.45, 2.75) is 57.7 Å². The van der Waals surface area contributed by atoms with E-state index < -0.39 is 0 Å². The molecule has 0 spiro atoms. The van der Waals surface area contributed by atoms with Gasteiger partial charge in [-0.05, 0) is 46.0 Å². The van der Waals surface area contributed by atoms with Crippen LogP contribution in [0.15, 0.2) is 0 Å². The largest absolute Gasteiger partial charge is 0.444 e. The number of ether oxygens (including phenoxy) is 1. The molecule has 2 aliphatic rings. The van der Waals surface area contributed by atoms with E-state index in [0.717, 1.165) is 24.6 Å². The number of nitrogens with zero attached hydrogens (tertiary/aromatic N) is 1. The van der Waals surface area contributed by atoms with Crippen LogP contribution in [-0.2, 0) is 4.74 Å². The zero-order valence-electron chi connectivity index (χ0n) is 10.2. The zero-order chi connectivity index (χ0) is 11.9. The van der Waals surface area contributed by atoms with Crippen LogP contribution in [0, 0.1) is 5.92 Å². The van der Waals surface area contributed by atoms with Crippen molar-refractivity contribution in [1.82, 2.24) is 4.90 Å². The molecule has 2 heterocycles. The first kappa shape index (κ1) is 12.2. The molecule has 2 rings (SSSR count). The van der Waals surface area contributed by atoms with Crippen molar-refractivity contribution in [2.75, 3.05) is 5.33 Å². The summed E-state index contributed by atoms with van der Waals surface area (Å²) < 4.78 is 5.47. The molecule has 0 aromatic rings. The fourth-order valence-corrected chi connectivity index (χ4v) is 3.57. The number of alkyl halides is 1. The van der Waals surface area contributed by atoms with Crippen LogP contribution in [-0.4, -0.2) is 34.0 Å². The third kappa shape index (κ3) is 2.22. The Labute approximate surface area is 106 Å². The highest BCUT2D eigenvalue weighted by Crippen LogP contribution is 2.42. The Kier molecular flexibility index (Phi) is 3.21. The lowest BCUT2D eigenvalue weighted by Gasteiger charge is -2.28. The van der Waals surface area contributed by atoms with E-state index in [9.17, 15) is 4.79 Å². The molecule has 0 unspecified atom stereocenters. The monoisotopic (exact) mass is 289 g/mol. The van der Waals surface area contributed by atoms with Gasteiger partial charge in [0.15, 0.2) is 0 Å². The molecule has 0 aliphatic carbocycles.